The second kappa shape index (κ2) is 12.4. The smallest absolute Gasteiger partial charge is 0.133 e. The zero-order valence-electron chi connectivity index (χ0n) is 19.6. The highest BCUT2D eigenvalue weighted by molar-refractivity contribution is 5.45. The molecule has 2 aliphatic heterocycles. The van der Waals surface area contributed by atoms with Crippen molar-refractivity contribution in [3.8, 4) is 0 Å². The maximum atomic E-state index is 5.71. The summed E-state index contributed by atoms with van der Waals surface area (Å²) in [4.78, 5) is 0. The Morgan fingerprint density at radius 1 is 0.471 bits per heavy atom. The maximum absolute atomic E-state index is 5.71. The molecule has 2 heterocycles. The zero-order chi connectivity index (χ0) is 21.7. The largest absolute Gasteiger partial charge is 1.00 e. The normalized spacial score (nSPS) is 18.8. The van der Waals surface area contributed by atoms with Crippen molar-refractivity contribution in [3.05, 3.63) is 96.1 Å². The zero-order valence-corrected chi connectivity index (χ0v) is 22.8. The number of nitrogens with zero attached hydrogens (tertiary/aromatic N) is 2. The van der Waals surface area contributed by atoms with Crippen molar-refractivity contribution in [3.63, 3.8) is 0 Å². The van der Waals surface area contributed by atoms with E-state index in [4.69, 9.17) is 9.47 Å². The van der Waals surface area contributed by atoms with Crippen LogP contribution in [-0.4, -0.2) is 52.6 Å². The Kier molecular flexibility index (Phi) is 9.89. The first-order valence-corrected chi connectivity index (χ1v) is 11.8. The molecule has 6 heteroatoms. The molecule has 0 aromatic heterocycles. The molecule has 34 heavy (non-hydrogen) atoms. The second-order valence-corrected chi connectivity index (χ2v) is 9.21. The summed E-state index contributed by atoms with van der Waals surface area (Å²) in [5.41, 5.74) is 5.57. The molecular formula is C28H34Br2N2O2. The molecule has 3 aromatic carbocycles. The molecule has 0 aliphatic carbocycles. The molecule has 0 unspecified atom stereocenters. The van der Waals surface area contributed by atoms with Crippen LogP contribution in [0.15, 0.2) is 84.9 Å². The van der Waals surface area contributed by atoms with Gasteiger partial charge in [-0.15, -0.1) is 0 Å². The summed E-state index contributed by atoms with van der Waals surface area (Å²) in [6, 6.07) is 31.3. The number of benzene rings is 3. The number of hydrogen-bond acceptors (Lipinski definition) is 2. The average molecular weight is 590 g/mol. The lowest BCUT2D eigenvalue weighted by atomic mass is 10.1. The Labute approximate surface area is 224 Å². The van der Waals surface area contributed by atoms with Crippen LogP contribution in [-0.2, 0) is 22.6 Å². The van der Waals surface area contributed by atoms with Crippen LogP contribution in [0.1, 0.15) is 11.1 Å². The number of hydrogen-bond donors (Lipinski definition) is 0. The lowest BCUT2D eigenvalue weighted by Crippen LogP contribution is -3.00. The van der Waals surface area contributed by atoms with Gasteiger partial charge >= 0.3 is 0 Å². The van der Waals surface area contributed by atoms with Crippen LogP contribution in [0, 0.1) is 0 Å². The summed E-state index contributed by atoms with van der Waals surface area (Å²) in [5, 5.41) is 0. The predicted molar refractivity (Wildman–Crippen MR) is 131 cm³/mol. The van der Waals surface area contributed by atoms with Crippen molar-refractivity contribution in [1.82, 2.24) is 8.97 Å². The van der Waals surface area contributed by atoms with Gasteiger partial charge in [0.05, 0.1) is 26.4 Å². The number of ether oxygens (including phenoxy) is 2. The maximum Gasteiger partial charge on any atom is 0.133 e. The minimum absolute atomic E-state index is 0. The lowest BCUT2D eigenvalue weighted by Gasteiger charge is -2.41. The van der Waals surface area contributed by atoms with E-state index in [-0.39, 0.29) is 34.0 Å². The van der Waals surface area contributed by atoms with E-state index in [0.29, 0.717) is 0 Å². The van der Waals surface area contributed by atoms with E-state index in [2.05, 4.69) is 84.9 Å². The molecule has 5 rings (SSSR count). The van der Waals surface area contributed by atoms with Crippen LogP contribution in [0.5, 0.6) is 0 Å². The fourth-order valence-electron chi connectivity index (χ4n) is 5.34. The van der Waals surface area contributed by atoms with Gasteiger partial charge in [-0.25, -0.2) is 0 Å². The topological polar surface area (TPSA) is 18.5 Å². The molecule has 3 aromatic rings. The summed E-state index contributed by atoms with van der Waals surface area (Å²) < 4.78 is 13.4. The van der Waals surface area contributed by atoms with Crippen molar-refractivity contribution in [2.24, 2.45) is 0 Å². The van der Waals surface area contributed by atoms with Crippen LogP contribution in [0.3, 0.4) is 0 Å². The molecule has 4 nitrogen and oxygen atoms in total. The number of rotatable bonds is 6. The van der Waals surface area contributed by atoms with Crippen molar-refractivity contribution in [1.29, 1.82) is 0 Å². The highest BCUT2D eigenvalue weighted by Gasteiger charge is 2.35. The number of morpholine rings is 2. The molecule has 2 aliphatic rings. The number of quaternary nitrogens is 2. The molecule has 0 bridgehead atoms. The van der Waals surface area contributed by atoms with Crippen molar-refractivity contribution >= 4 is 11.4 Å². The summed E-state index contributed by atoms with van der Waals surface area (Å²) in [5.74, 6) is 0. The SMILES string of the molecule is [Br-].[Br-].c1ccc([N+]2(Cc3ccc(C[N+]4(c5ccccc5)CCOCC4)cc3)CCOCC2)cc1. The van der Waals surface area contributed by atoms with Crippen LogP contribution < -0.4 is 42.9 Å². The fourth-order valence-corrected chi connectivity index (χ4v) is 5.34. The lowest BCUT2D eigenvalue weighted by molar-refractivity contribution is -0.001000. The van der Waals surface area contributed by atoms with Gasteiger partial charge in [-0.2, -0.15) is 0 Å². The van der Waals surface area contributed by atoms with Crippen molar-refractivity contribution in [2.45, 2.75) is 13.1 Å². The van der Waals surface area contributed by atoms with Gasteiger partial charge in [-0.05, 0) is 24.3 Å². The fraction of sp³-hybridized carbons (Fsp3) is 0.357. The Morgan fingerprint density at radius 3 is 1.12 bits per heavy atom. The number of para-hydroxylation sites is 2. The van der Waals surface area contributed by atoms with Gasteiger partial charge in [0.25, 0.3) is 0 Å². The molecule has 2 fully saturated rings. The molecule has 0 N–H and O–H groups in total. The van der Waals surface area contributed by atoms with E-state index in [9.17, 15) is 0 Å². The van der Waals surface area contributed by atoms with Crippen LogP contribution in [0.25, 0.3) is 0 Å². The summed E-state index contributed by atoms with van der Waals surface area (Å²) in [6.45, 7) is 9.44. The summed E-state index contributed by atoms with van der Waals surface area (Å²) >= 11 is 0. The molecule has 0 atom stereocenters. The second-order valence-electron chi connectivity index (χ2n) is 9.21. The average Bonchev–Trinajstić information content (AvgIpc) is 2.87. The predicted octanol–water partition coefficient (Wildman–Crippen LogP) is -1.23. The van der Waals surface area contributed by atoms with Gasteiger partial charge in [-0.3, -0.25) is 8.97 Å². The molecular weight excluding hydrogens is 556 g/mol. The number of halogens is 2. The molecule has 0 radical (unpaired) electrons. The van der Waals surface area contributed by atoms with E-state index in [0.717, 1.165) is 74.7 Å². The molecule has 182 valence electrons. The Balaban J connectivity index is 0.00000162. The van der Waals surface area contributed by atoms with Gasteiger partial charge in [0.2, 0.25) is 0 Å². The van der Waals surface area contributed by atoms with Crippen LogP contribution >= 0.6 is 0 Å². The van der Waals surface area contributed by atoms with Gasteiger partial charge in [0.1, 0.15) is 50.6 Å². The van der Waals surface area contributed by atoms with Gasteiger partial charge in [-0.1, -0.05) is 60.7 Å². The van der Waals surface area contributed by atoms with E-state index >= 15 is 0 Å². The minimum atomic E-state index is 0. The van der Waals surface area contributed by atoms with Crippen LogP contribution in [0.2, 0.25) is 0 Å². The molecule has 2 saturated heterocycles. The van der Waals surface area contributed by atoms with Gasteiger partial charge in [0, 0.05) is 11.1 Å². The monoisotopic (exact) mass is 588 g/mol. The molecule has 0 spiro atoms. The Bertz CT molecular complexity index is 905. The Morgan fingerprint density at radius 2 is 0.794 bits per heavy atom. The van der Waals surface area contributed by atoms with Gasteiger partial charge in [0.15, 0.2) is 0 Å². The van der Waals surface area contributed by atoms with Gasteiger partial charge < -0.3 is 43.4 Å². The van der Waals surface area contributed by atoms with E-state index in [1.165, 1.54) is 22.5 Å². The van der Waals surface area contributed by atoms with Crippen LogP contribution in [0.4, 0.5) is 11.4 Å². The van der Waals surface area contributed by atoms with Crippen molar-refractivity contribution in [2.75, 3.05) is 52.6 Å². The molecule has 0 amide bonds. The first-order valence-electron chi connectivity index (χ1n) is 11.8. The first kappa shape index (κ1) is 27.1. The Hall–Kier alpha value is -1.54. The summed E-state index contributed by atoms with van der Waals surface area (Å²) in [6.07, 6.45) is 0. The van der Waals surface area contributed by atoms with E-state index in [1.807, 2.05) is 0 Å². The standard InChI is InChI=1S/C28H34N2O2.2BrH/c1-3-7-27(8-4-1)29(15-19-31-20-16-29)23-25-11-13-26(14-12-25)24-30(17-21-32-22-18-30)28-9-5-2-6-10-28;;/h1-14H,15-24H2;2*1H/q+2;;/p-2. The third-order valence-corrected chi connectivity index (χ3v) is 7.26. The van der Waals surface area contributed by atoms with E-state index in [1.54, 1.807) is 0 Å². The van der Waals surface area contributed by atoms with E-state index < -0.39 is 0 Å². The third-order valence-electron chi connectivity index (χ3n) is 7.26. The highest BCUT2D eigenvalue weighted by Crippen LogP contribution is 2.30. The first-order chi connectivity index (χ1) is 15.8. The van der Waals surface area contributed by atoms with Crippen molar-refractivity contribution < 1.29 is 43.4 Å². The summed E-state index contributed by atoms with van der Waals surface area (Å²) in [7, 11) is 0. The quantitative estimate of drug-likeness (QED) is 0.335. The minimum Gasteiger partial charge on any atom is -1.00 e. The highest BCUT2D eigenvalue weighted by atomic mass is 79.9. The third kappa shape index (κ3) is 5.99. The molecule has 0 saturated carbocycles.